The highest BCUT2D eigenvalue weighted by Gasteiger charge is 2.31. The quantitative estimate of drug-likeness (QED) is 0.910. The van der Waals surface area contributed by atoms with Crippen LogP contribution in [0.1, 0.15) is 25.3 Å². The van der Waals surface area contributed by atoms with Crippen LogP contribution in [-0.2, 0) is 10.2 Å². The smallest absolute Gasteiger partial charge is 0.220 e. The zero-order valence-corrected chi connectivity index (χ0v) is 11.9. The van der Waals surface area contributed by atoms with E-state index in [-0.39, 0.29) is 11.3 Å². The van der Waals surface area contributed by atoms with Gasteiger partial charge in [-0.1, -0.05) is 31.2 Å². The molecule has 0 bridgehead atoms. The average Bonchev–Trinajstić information content (AvgIpc) is 2.49. The number of hydrogen-bond acceptors (Lipinski definition) is 2. The minimum Gasteiger partial charge on any atom is -0.497 e. The predicted molar refractivity (Wildman–Crippen MR) is 80.1 cm³/mol. The van der Waals surface area contributed by atoms with Gasteiger partial charge in [0.1, 0.15) is 5.75 Å². The van der Waals surface area contributed by atoms with E-state index in [4.69, 9.17) is 4.74 Å². The second-order valence-electron chi connectivity index (χ2n) is 5.77. The second kappa shape index (κ2) is 4.82. The van der Waals surface area contributed by atoms with Crippen LogP contribution in [0, 0.1) is 0 Å². The van der Waals surface area contributed by atoms with Gasteiger partial charge < -0.3 is 10.1 Å². The van der Waals surface area contributed by atoms with Crippen LogP contribution in [0.4, 0.5) is 0 Å². The highest BCUT2D eigenvalue weighted by molar-refractivity contribution is 5.85. The number of piperidine rings is 1. The topological polar surface area (TPSA) is 38.3 Å². The Bertz CT molecular complexity index is 653. The Kier molecular flexibility index (Phi) is 3.13. The Hall–Kier alpha value is -2.03. The lowest BCUT2D eigenvalue weighted by Gasteiger charge is -2.34. The van der Waals surface area contributed by atoms with Gasteiger partial charge in [0.05, 0.1) is 7.11 Å². The Labute approximate surface area is 118 Å². The third kappa shape index (κ3) is 2.24. The zero-order chi connectivity index (χ0) is 14.2. The largest absolute Gasteiger partial charge is 0.497 e. The van der Waals surface area contributed by atoms with Crippen LogP contribution in [0.25, 0.3) is 10.8 Å². The van der Waals surface area contributed by atoms with Crippen molar-refractivity contribution in [3.05, 3.63) is 42.0 Å². The molecule has 20 heavy (non-hydrogen) atoms. The molecule has 0 saturated carbocycles. The monoisotopic (exact) mass is 269 g/mol. The summed E-state index contributed by atoms with van der Waals surface area (Å²) in [5.74, 6) is 1.04. The van der Waals surface area contributed by atoms with Gasteiger partial charge in [0.15, 0.2) is 0 Å². The van der Waals surface area contributed by atoms with Gasteiger partial charge in [-0.15, -0.1) is 0 Å². The molecule has 3 rings (SSSR count). The van der Waals surface area contributed by atoms with Crippen molar-refractivity contribution in [3.63, 3.8) is 0 Å². The fourth-order valence-electron chi connectivity index (χ4n) is 2.83. The molecule has 1 atom stereocenters. The van der Waals surface area contributed by atoms with Gasteiger partial charge >= 0.3 is 0 Å². The van der Waals surface area contributed by atoms with E-state index in [1.54, 1.807) is 7.11 Å². The number of rotatable bonds is 2. The normalized spacial score (nSPS) is 22.6. The number of fused-ring (bicyclic) bond motifs is 1. The molecule has 1 saturated heterocycles. The summed E-state index contributed by atoms with van der Waals surface area (Å²) in [4.78, 5) is 11.3. The van der Waals surface area contributed by atoms with Crippen molar-refractivity contribution >= 4 is 16.7 Å². The number of nitrogens with one attached hydrogen (secondary N) is 1. The third-order valence-electron chi connectivity index (χ3n) is 4.32. The highest BCUT2D eigenvalue weighted by Crippen LogP contribution is 2.33. The summed E-state index contributed by atoms with van der Waals surface area (Å²) in [6, 6.07) is 12.6. The molecule has 1 heterocycles. The fourth-order valence-corrected chi connectivity index (χ4v) is 2.83. The number of benzene rings is 2. The molecule has 0 radical (unpaired) electrons. The van der Waals surface area contributed by atoms with Gasteiger partial charge in [-0.05, 0) is 34.9 Å². The summed E-state index contributed by atoms with van der Waals surface area (Å²) in [6.45, 7) is 2.94. The molecule has 2 aromatic carbocycles. The van der Waals surface area contributed by atoms with E-state index < -0.39 is 0 Å². The molecular formula is C17H19NO2. The lowest BCUT2D eigenvalue weighted by atomic mass is 9.76. The van der Waals surface area contributed by atoms with E-state index in [0.29, 0.717) is 13.0 Å². The summed E-state index contributed by atoms with van der Waals surface area (Å²) in [5.41, 5.74) is 1.32. The fraction of sp³-hybridized carbons (Fsp3) is 0.353. The predicted octanol–water partition coefficient (Wildman–Crippen LogP) is 3.02. The molecule has 1 unspecified atom stereocenters. The molecule has 1 aliphatic rings. The summed E-state index contributed by atoms with van der Waals surface area (Å²) < 4.78 is 5.25. The first kappa shape index (κ1) is 13.0. The molecule has 3 heteroatoms. The maximum atomic E-state index is 11.3. The van der Waals surface area contributed by atoms with Crippen LogP contribution in [0.3, 0.4) is 0 Å². The first-order valence-corrected chi connectivity index (χ1v) is 6.96. The van der Waals surface area contributed by atoms with Crippen molar-refractivity contribution < 1.29 is 9.53 Å². The Morgan fingerprint density at radius 1 is 1.15 bits per heavy atom. The summed E-state index contributed by atoms with van der Waals surface area (Å²) in [7, 11) is 1.68. The van der Waals surface area contributed by atoms with E-state index >= 15 is 0 Å². The maximum Gasteiger partial charge on any atom is 0.220 e. The van der Waals surface area contributed by atoms with Crippen molar-refractivity contribution in [2.24, 2.45) is 0 Å². The summed E-state index contributed by atoms with van der Waals surface area (Å²) >= 11 is 0. The number of carbonyl (C=O) groups is 1. The number of carbonyl (C=O) groups excluding carboxylic acids is 1. The summed E-state index contributed by atoms with van der Waals surface area (Å²) in [6.07, 6.45) is 1.51. The minimum absolute atomic E-state index is 0.0298. The van der Waals surface area contributed by atoms with Crippen molar-refractivity contribution in [2.75, 3.05) is 13.7 Å². The molecule has 1 aliphatic heterocycles. The highest BCUT2D eigenvalue weighted by atomic mass is 16.5. The van der Waals surface area contributed by atoms with Gasteiger partial charge in [-0.3, -0.25) is 4.79 Å². The van der Waals surface area contributed by atoms with Crippen LogP contribution in [-0.4, -0.2) is 19.6 Å². The second-order valence-corrected chi connectivity index (χ2v) is 5.77. The van der Waals surface area contributed by atoms with Crippen LogP contribution in [0.2, 0.25) is 0 Å². The number of hydrogen-bond donors (Lipinski definition) is 1. The molecule has 1 N–H and O–H groups in total. The molecule has 2 aromatic rings. The Morgan fingerprint density at radius 3 is 2.60 bits per heavy atom. The Morgan fingerprint density at radius 2 is 1.90 bits per heavy atom. The molecule has 0 aromatic heterocycles. The van der Waals surface area contributed by atoms with Crippen molar-refractivity contribution in [3.8, 4) is 5.75 Å². The third-order valence-corrected chi connectivity index (χ3v) is 4.32. The lowest BCUT2D eigenvalue weighted by molar-refractivity contribution is -0.123. The summed E-state index contributed by atoms with van der Waals surface area (Å²) in [5, 5.41) is 5.37. The lowest BCUT2D eigenvalue weighted by Crippen LogP contribution is -2.44. The standard InChI is InChI=1S/C17H19NO2/c1-17(8-7-16(19)18-11-17)14-5-3-13-10-15(20-2)6-4-12(13)9-14/h3-6,9-10H,7-8,11H2,1-2H3,(H,18,19). The molecule has 3 nitrogen and oxygen atoms in total. The van der Waals surface area contributed by atoms with Gasteiger partial charge in [-0.25, -0.2) is 0 Å². The molecule has 1 fully saturated rings. The van der Waals surface area contributed by atoms with Gasteiger partial charge in [0.2, 0.25) is 5.91 Å². The van der Waals surface area contributed by atoms with E-state index in [2.05, 4.69) is 36.5 Å². The van der Waals surface area contributed by atoms with Gasteiger partial charge in [-0.2, -0.15) is 0 Å². The van der Waals surface area contributed by atoms with Crippen LogP contribution in [0.5, 0.6) is 5.75 Å². The van der Waals surface area contributed by atoms with Crippen LogP contribution < -0.4 is 10.1 Å². The molecule has 1 amide bonds. The minimum atomic E-state index is 0.0298. The first-order chi connectivity index (χ1) is 9.60. The molecule has 0 aliphatic carbocycles. The molecule has 0 spiro atoms. The zero-order valence-electron chi connectivity index (χ0n) is 11.9. The van der Waals surface area contributed by atoms with Gasteiger partial charge in [0.25, 0.3) is 0 Å². The number of methoxy groups -OCH3 is 1. The van der Waals surface area contributed by atoms with Crippen molar-refractivity contribution in [2.45, 2.75) is 25.2 Å². The van der Waals surface area contributed by atoms with E-state index in [9.17, 15) is 4.79 Å². The van der Waals surface area contributed by atoms with E-state index in [1.807, 2.05) is 12.1 Å². The van der Waals surface area contributed by atoms with Crippen LogP contribution >= 0.6 is 0 Å². The SMILES string of the molecule is COc1ccc2cc(C3(C)CCC(=O)NC3)ccc2c1. The maximum absolute atomic E-state index is 11.3. The van der Waals surface area contributed by atoms with Crippen molar-refractivity contribution in [1.82, 2.24) is 5.32 Å². The molecular weight excluding hydrogens is 250 g/mol. The number of amides is 1. The van der Waals surface area contributed by atoms with E-state index in [0.717, 1.165) is 12.2 Å². The Balaban J connectivity index is 1.98. The van der Waals surface area contributed by atoms with E-state index in [1.165, 1.54) is 16.3 Å². The number of ether oxygens (including phenoxy) is 1. The van der Waals surface area contributed by atoms with Crippen LogP contribution in [0.15, 0.2) is 36.4 Å². The average molecular weight is 269 g/mol. The van der Waals surface area contributed by atoms with Gasteiger partial charge in [0, 0.05) is 18.4 Å². The first-order valence-electron chi connectivity index (χ1n) is 6.96. The molecule has 104 valence electrons. The van der Waals surface area contributed by atoms with Crippen molar-refractivity contribution in [1.29, 1.82) is 0 Å².